The van der Waals surface area contributed by atoms with Crippen LogP contribution in [0.1, 0.15) is 31.2 Å². The van der Waals surface area contributed by atoms with Crippen molar-refractivity contribution >= 4 is 23.4 Å². The third kappa shape index (κ3) is 4.90. The highest BCUT2D eigenvalue weighted by molar-refractivity contribution is 8.00. The van der Waals surface area contributed by atoms with Gasteiger partial charge in [0, 0.05) is 35.7 Å². The van der Waals surface area contributed by atoms with Crippen LogP contribution in [0.5, 0.6) is 0 Å². The number of carbonyl (C=O) groups is 1. The number of hydrogen-bond acceptors (Lipinski definition) is 6. The zero-order valence-corrected chi connectivity index (χ0v) is 17.4. The number of hydrogen-bond donors (Lipinski definition) is 0. The lowest BCUT2D eigenvalue weighted by atomic mass is 10.1. The predicted octanol–water partition coefficient (Wildman–Crippen LogP) is 5.00. The van der Waals surface area contributed by atoms with Crippen LogP contribution in [0.3, 0.4) is 0 Å². The van der Waals surface area contributed by atoms with E-state index in [1.54, 1.807) is 24.4 Å². The Labute approximate surface area is 180 Å². The number of rotatable bonds is 4. The van der Waals surface area contributed by atoms with Crippen LogP contribution in [-0.2, 0) is 17.4 Å². The lowest BCUT2D eigenvalue weighted by Gasteiger charge is -2.23. The fraction of sp³-hybridized carbons (Fsp3) is 0.333. The van der Waals surface area contributed by atoms with Gasteiger partial charge in [-0.25, -0.2) is 0 Å². The summed E-state index contributed by atoms with van der Waals surface area (Å²) in [6, 6.07) is 8.87. The van der Waals surface area contributed by atoms with Gasteiger partial charge in [0.1, 0.15) is 5.69 Å². The van der Waals surface area contributed by atoms with E-state index < -0.39 is 11.7 Å². The SMILES string of the molecule is CC1CCN(C(=O)CCc2nc(-c3ccccn3)no2)c2cc(C(F)(F)F)ccc2S1. The van der Waals surface area contributed by atoms with Crippen molar-refractivity contribution in [1.29, 1.82) is 0 Å². The molecule has 3 heterocycles. The number of halogens is 3. The zero-order valence-electron chi connectivity index (χ0n) is 16.6. The number of carbonyl (C=O) groups excluding carboxylic acids is 1. The van der Waals surface area contributed by atoms with Gasteiger partial charge in [0.2, 0.25) is 17.6 Å². The lowest BCUT2D eigenvalue weighted by molar-refractivity contribution is -0.137. The van der Waals surface area contributed by atoms with Crippen LogP contribution in [0.25, 0.3) is 11.5 Å². The Bertz CT molecular complexity index is 1070. The van der Waals surface area contributed by atoms with Crippen molar-refractivity contribution in [3.8, 4) is 11.5 Å². The van der Waals surface area contributed by atoms with Gasteiger partial charge >= 0.3 is 6.18 Å². The van der Waals surface area contributed by atoms with Crippen molar-refractivity contribution in [2.24, 2.45) is 0 Å². The number of amides is 1. The maximum Gasteiger partial charge on any atom is 0.416 e. The molecule has 2 aromatic heterocycles. The number of benzene rings is 1. The molecule has 31 heavy (non-hydrogen) atoms. The number of thioether (sulfide) groups is 1. The van der Waals surface area contributed by atoms with Gasteiger partial charge in [-0.2, -0.15) is 18.2 Å². The van der Waals surface area contributed by atoms with Crippen molar-refractivity contribution in [2.45, 2.75) is 42.5 Å². The Morgan fingerprint density at radius 1 is 1.29 bits per heavy atom. The van der Waals surface area contributed by atoms with Gasteiger partial charge in [-0.05, 0) is 36.8 Å². The minimum atomic E-state index is -4.47. The average molecular weight is 448 g/mol. The first kappa shape index (κ1) is 21.4. The van der Waals surface area contributed by atoms with Crippen LogP contribution < -0.4 is 4.90 Å². The number of nitrogens with zero attached hydrogens (tertiary/aromatic N) is 4. The predicted molar refractivity (Wildman–Crippen MR) is 110 cm³/mol. The molecule has 10 heteroatoms. The van der Waals surface area contributed by atoms with E-state index in [4.69, 9.17) is 4.52 Å². The first-order valence-electron chi connectivity index (χ1n) is 9.73. The average Bonchev–Trinajstić information content (AvgIpc) is 3.15. The topological polar surface area (TPSA) is 72.1 Å². The fourth-order valence-corrected chi connectivity index (χ4v) is 4.37. The molecule has 1 aliphatic rings. The molecule has 0 saturated carbocycles. The molecule has 0 fully saturated rings. The fourth-order valence-electron chi connectivity index (χ4n) is 3.27. The molecule has 1 atom stereocenters. The van der Waals surface area contributed by atoms with Gasteiger partial charge in [0.15, 0.2) is 0 Å². The van der Waals surface area contributed by atoms with Crippen molar-refractivity contribution in [3.05, 3.63) is 54.0 Å². The van der Waals surface area contributed by atoms with Gasteiger partial charge < -0.3 is 9.42 Å². The maximum atomic E-state index is 13.2. The van der Waals surface area contributed by atoms with Gasteiger partial charge in [0.25, 0.3) is 0 Å². The highest BCUT2D eigenvalue weighted by Crippen LogP contribution is 2.41. The zero-order chi connectivity index (χ0) is 22.0. The Morgan fingerprint density at radius 2 is 2.13 bits per heavy atom. The molecule has 0 radical (unpaired) electrons. The van der Waals surface area contributed by atoms with Crippen molar-refractivity contribution in [3.63, 3.8) is 0 Å². The monoisotopic (exact) mass is 448 g/mol. The summed E-state index contributed by atoms with van der Waals surface area (Å²) in [7, 11) is 0. The number of anilines is 1. The normalized spacial score (nSPS) is 16.6. The summed E-state index contributed by atoms with van der Waals surface area (Å²) in [5, 5.41) is 4.06. The Morgan fingerprint density at radius 3 is 2.87 bits per heavy atom. The molecular weight excluding hydrogens is 429 g/mol. The third-order valence-corrected chi connectivity index (χ3v) is 6.12. The molecule has 0 N–H and O–H groups in total. The van der Waals surface area contributed by atoms with E-state index in [9.17, 15) is 18.0 Å². The van der Waals surface area contributed by atoms with Crippen LogP contribution in [0, 0.1) is 0 Å². The number of fused-ring (bicyclic) bond motifs is 1. The van der Waals surface area contributed by atoms with Gasteiger partial charge in [-0.15, -0.1) is 11.8 Å². The molecule has 162 valence electrons. The molecule has 1 aromatic carbocycles. The molecule has 0 bridgehead atoms. The highest BCUT2D eigenvalue weighted by atomic mass is 32.2. The number of pyridine rings is 1. The van der Waals surface area contributed by atoms with Crippen LogP contribution in [0.2, 0.25) is 0 Å². The maximum absolute atomic E-state index is 13.2. The van der Waals surface area contributed by atoms with Gasteiger partial charge in [0.05, 0.1) is 11.3 Å². The van der Waals surface area contributed by atoms with Gasteiger partial charge in [-0.1, -0.05) is 18.1 Å². The molecule has 4 rings (SSSR count). The second kappa shape index (κ2) is 8.70. The van der Waals surface area contributed by atoms with Crippen LogP contribution in [-0.4, -0.2) is 32.8 Å². The molecule has 0 aliphatic carbocycles. The molecule has 1 aliphatic heterocycles. The van der Waals surface area contributed by atoms with Crippen LogP contribution >= 0.6 is 11.8 Å². The Hall–Kier alpha value is -2.88. The van der Waals surface area contributed by atoms with E-state index in [1.807, 2.05) is 6.92 Å². The van der Waals surface area contributed by atoms with E-state index in [2.05, 4.69) is 15.1 Å². The van der Waals surface area contributed by atoms with Gasteiger partial charge in [-0.3, -0.25) is 9.78 Å². The number of aromatic nitrogens is 3. The Kier molecular flexibility index (Phi) is 5.99. The van der Waals surface area contributed by atoms with E-state index in [-0.39, 0.29) is 29.9 Å². The van der Waals surface area contributed by atoms with Crippen LogP contribution in [0.4, 0.5) is 18.9 Å². The van der Waals surface area contributed by atoms with Crippen LogP contribution in [0.15, 0.2) is 52.0 Å². The largest absolute Gasteiger partial charge is 0.416 e. The summed E-state index contributed by atoms with van der Waals surface area (Å²) >= 11 is 1.48. The molecule has 0 saturated heterocycles. The quantitative estimate of drug-likeness (QED) is 0.559. The minimum Gasteiger partial charge on any atom is -0.339 e. The first-order valence-corrected chi connectivity index (χ1v) is 10.6. The first-order chi connectivity index (χ1) is 14.8. The second-order valence-corrected chi connectivity index (χ2v) is 8.65. The summed E-state index contributed by atoms with van der Waals surface area (Å²) in [5.41, 5.74) is 0.0842. The Balaban J connectivity index is 1.51. The summed E-state index contributed by atoms with van der Waals surface area (Å²) in [6.07, 6.45) is -1.96. The summed E-state index contributed by atoms with van der Waals surface area (Å²) in [5.74, 6) is 0.312. The summed E-state index contributed by atoms with van der Waals surface area (Å²) < 4.78 is 44.9. The molecular formula is C21H19F3N4O2S. The molecule has 6 nitrogen and oxygen atoms in total. The molecule has 1 unspecified atom stereocenters. The minimum absolute atomic E-state index is 0.0403. The smallest absolute Gasteiger partial charge is 0.339 e. The second-order valence-electron chi connectivity index (χ2n) is 7.17. The van der Waals surface area contributed by atoms with Crippen molar-refractivity contribution < 1.29 is 22.5 Å². The molecule has 3 aromatic rings. The van der Waals surface area contributed by atoms with Crippen molar-refractivity contribution in [1.82, 2.24) is 15.1 Å². The highest BCUT2D eigenvalue weighted by Gasteiger charge is 2.33. The summed E-state index contributed by atoms with van der Waals surface area (Å²) in [4.78, 5) is 23.5. The number of alkyl halides is 3. The van der Waals surface area contributed by atoms with E-state index in [0.29, 0.717) is 35.1 Å². The number of aryl methyl sites for hydroxylation is 1. The van der Waals surface area contributed by atoms with E-state index in [0.717, 1.165) is 12.1 Å². The van der Waals surface area contributed by atoms with Crippen molar-refractivity contribution in [2.75, 3.05) is 11.4 Å². The summed E-state index contributed by atoms with van der Waals surface area (Å²) in [6.45, 7) is 2.35. The van der Waals surface area contributed by atoms with E-state index >= 15 is 0 Å². The molecule has 0 spiro atoms. The van der Waals surface area contributed by atoms with E-state index in [1.165, 1.54) is 22.7 Å². The lowest BCUT2D eigenvalue weighted by Crippen LogP contribution is -2.32. The standard InChI is InChI=1S/C21H19F3N4O2S/c1-13-9-11-28(16-12-14(21(22,23)24)5-6-17(16)31-13)19(29)8-7-18-26-20(27-30-18)15-4-2-3-10-25-15/h2-6,10,12-13H,7-9,11H2,1H3. The third-order valence-electron chi connectivity index (χ3n) is 4.88. The molecule has 1 amide bonds.